The Hall–Kier alpha value is -4.10. The average Bonchev–Trinajstić information content (AvgIpc) is 3.21. The number of nitrogens with one attached hydrogen (secondary N) is 1. The summed E-state index contributed by atoms with van der Waals surface area (Å²) >= 11 is 0. The van der Waals surface area contributed by atoms with E-state index in [1.165, 1.54) is 0 Å². The average molecular weight is 555 g/mol. The number of rotatable bonds is 5. The van der Waals surface area contributed by atoms with Gasteiger partial charge in [0.15, 0.2) is 0 Å². The van der Waals surface area contributed by atoms with Crippen LogP contribution in [-0.4, -0.2) is 36.6 Å². The zero-order valence-corrected chi connectivity index (χ0v) is 21.0. The fourth-order valence-corrected chi connectivity index (χ4v) is 6.49. The molecule has 12 heteroatoms. The van der Waals surface area contributed by atoms with Crippen molar-refractivity contribution in [1.82, 2.24) is 9.29 Å². The summed E-state index contributed by atoms with van der Waals surface area (Å²) in [6.07, 6.45) is -4.58. The lowest BCUT2D eigenvalue weighted by atomic mass is 9.88. The highest BCUT2D eigenvalue weighted by atomic mass is 32.2. The molecule has 2 N–H and O–H groups in total. The molecule has 0 bridgehead atoms. The number of nitriles is 2. The Morgan fingerprint density at radius 1 is 0.923 bits per heavy atom. The number of halogens is 3. The summed E-state index contributed by atoms with van der Waals surface area (Å²) < 4.78 is 71.6. The number of nitrogens with zero attached hydrogens (tertiary/aromatic N) is 3. The summed E-state index contributed by atoms with van der Waals surface area (Å²) in [5.74, 6) is -0.551. The number of aliphatic hydroxyl groups excluding tert-OH is 1. The Morgan fingerprint density at radius 2 is 1.49 bits per heavy atom. The standard InChI is InChI=1S/C27H21F3N4O4S/c28-27(29,30)38-18-6-8-19(9-7-18)39(36,37)33-22-2-1-3-25(26(22)35)34-23-10-4-16(14-31)12-20(23)21-13-17(15-32)5-11-24(21)34/h4-13,22,25-26,33,35H,1-3H2/t22-,25?,26+/m1/s1. The fraction of sp³-hybridized carbons (Fsp3) is 0.259. The first kappa shape index (κ1) is 26.5. The molecule has 4 aromatic rings. The Bertz CT molecular complexity index is 1680. The monoisotopic (exact) mass is 554 g/mol. The Balaban J connectivity index is 1.48. The Kier molecular flexibility index (Phi) is 6.72. The lowest BCUT2D eigenvalue weighted by Crippen LogP contribution is -2.49. The van der Waals surface area contributed by atoms with Gasteiger partial charge in [-0.2, -0.15) is 10.5 Å². The van der Waals surface area contributed by atoms with E-state index in [4.69, 9.17) is 0 Å². The molecule has 1 unspecified atom stereocenters. The number of ether oxygens (including phenoxy) is 1. The number of benzene rings is 3. The molecule has 1 aromatic heterocycles. The number of sulfonamides is 1. The highest BCUT2D eigenvalue weighted by molar-refractivity contribution is 7.89. The Labute approximate surface area is 221 Å². The van der Waals surface area contributed by atoms with E-state index in [9.17, 15) is 37.2 Å². The van der Waals surface area contributed by atoms with Crippen LogP contribution in [0.4, 0.5) is 13.2 Å². The van der Waals surface area contributed by atoms with E-state index in [0.717, 1.165) is 46.1 Å². The number of fused-ring (bicyclic) bond motifs is 3. The molecule has 8 nitrogen and oxygen atoms in total. The van der Waals surface area contributed by atoms with Crippen molar-refractivity contribution in [2.75, 3.05) is 0 Å². The number of hydrogen-bond acceptors (Lipinski definition) is 6. The van der Waals surface area contributed by atoms with Gasteiger partial charge in [-0.25, -0.2) is 13.1 Å². The van der Waals surface area contributed by atoms with Crippen LogP contribution < -0.4 is 9.46 Å². The van der Waals surface area contributed by atoms with Gasteiger partial charge in [0.05, 0.1) is 46.3 Å². The zero-order valence-electron chi connectivity index (χ0n) is 20.2. The number of alkyl halides is 3. The molecule has 1 aliphatic carbocycles. The van der Waals surface area contributed by atoms with E-state index in [2.05, 4.69) is 21.6 Å². The molecule has 1 heterocycles. The fourth-order valence-electron chi connectivity index (χ4n) is 5.20. The highest BCUT2D eigenvalue weighted by Crippen LogP contribution is 2.39. The van der Waals surface area contributed by atoms with Gasteiger partial charge in [-0.3, -0.25) is 0 Å². The van der Waals surface area contributed by atoms with Crippen LogP contribution in [0.15, 0.2) is 65.6 Å². The maximum atomic E-state index is 13.0. The molecule has 1 aliphatic rings. The summed E-state index contributed by atoms with van der Waals surface area (Å²) in [7, 11) is -4.18. The van der Waals surface area contributed by atoms with Crippen LogP contribution >= 0.6 is 0 Å². The smallest absolute Gasteiger partial charge is 0.406 e. The van der Waals surface area contributed by atoms with Crippen LogP contribution in [0.1, 0.15) is 36.4 Å². The lowest BCUT2D eigenvalue weighted by molar-refractivity contribution is -0.274. The molecule has 0 spiro atoms. The molecule has 0 radical (unpaired) electrons. The predicted octanol–water partition coefficient (Wildman–Crippen LogP) is 4.87. The van der Waals surface area contributed by atoms with Crippen molar-refractivity contribution in [3.8, 4) is 17.9 Å². The molecule has 3 aromatic carbocycles. The molecule has 200 valence electrons. The first-order valence-electron chi connectivity index (χ1n) is 11.9. The van der Waals surface area contributed by atoms with Gasteiger partial charge in [-0.15, -0.1) is 13.2 Å². The van der Waals surface area contributed by atoms with Crippen molar-refractivity contribution in [3.05, 3.63) is 71.8 Å². The van der Waals surface area contributed by atoms with Crippen LogP contribution in [-0.2, 0) is 10.0 Å². The molecule has 0 aliphatic heterocycles. The third-order valence-corrected chi connectivity index (χ3v) is 8.39. The van der Waals surface area contributed by atoms with Crippen molar-refractivity contribution in [3.63, 3.8) is 0 Å². The maximum absolute atomic E-state index is 13.0. The third-order valence-electron chi connectivity index (χ3n) is 6.89. The summed E-state index contributed by atoms with van der Waals surface area (Å²) in [6.45, 7) is 0. The molecular weight excluding hydrogens is 533 g/mol. The van der Waals surface area contributed by atoms with Crippen LogP contribution in [0, 0.1) is 22.7 Å². The normalized spacial score (nSPS) is 20.0. The summed E-state index contributed by atoms with van der Waals surface area (Å²) in [4.78, 5) is -0.267. The topological polar surface area (TPSA) is 128 Å². The molecule has 39 heavy (non-hydrogen) atoms. The minimum absolute atomic E-state index is 0.267. The summed E-state index contributed by atoms with van der Waals surface area (Å²) in [5, 5.41) is 31.7. The van der Waals surface area contributed by atoms with Gasteiger partial charge in [-0.05, 0) is 79.9 Å². The predicted molar refractivity (Wildman–Crippen MR) is 135 cm³/mol. The molecule has 0 amide bonds. The second-order valence-corrected chi connectivity index (χ2v) is 11.0. The first-order chi connectivity index (χ1) is 18.5. The second-order valence-electron chi connectivity index (χ2n) is 9.29. The van der Waals surface area contributed by atoms with Crippen molar-refractivity contribution in [1.29, 1.82) is 10.5 Å². The second kappa shape index (κ2) is 9.89. The lowest BCUT2D eigenvalue weighted by Gasteiger charge is -2.36. The minimum atomic E-state index is -4.90. The van der Waals surface area contributed by atoms with Gasteiger partial charge < -0.3 is 14.4 Å². The first-order valence-corrected chi connectivity index (χ1v) is 13.4. The maximum Gasteiger partial charge on any atom is 0.573 e. The van der Waals surface area contributed by atoms with Gasteiger partial charge in [-0.1, -0.05) is 0 Å². The van der Waals surface area contributed by atoms with E-state index in [0.29, 0.717) is 30.4 Å². The van der Waals surface area contributed by atoms with Crippen LogP contribution in [0.5, 0.6) is 5.75 Å². The molecule has 1 saturated carbocycles. The van der Waals surface area contributed by atoms with Crippen LogP contribution in [0.3, 0.4) is 0 Å². The summed E-state index contributed by atoms with van der Waals surface area (Å²) in [5.41, 5.74) is 2.33. The minimum Gasteiger partial charge on any atom is -0.406 e. The van der Waals surface area contributed by atoms with Crippen molar-refractivity contribution in [2.24, 2.45) is 0 Å². The highest BCUT2D eigenvalue weighted by Gasteiger charge is 2.37. The van der Waals surface area contributed by atoms with E-state index >= 15 is 0 Å². The number of aliphatic hydroxyl groups is 1. The third kappa shape index (κ3) is 5.14. The molecule has 5 rings (SSSR count). The molecule has 3 atom stereocenters. The van der Waals surface area contributed by atoms with Gasteiger partial charge in [0.2, 0.25) is 10.0 Å². The van der Waals surface area contributed by atoms with E-state index < -0.39 is 40.3 Å². The van der Waals surface area contributed by atoms with Crippen molar-refractivity contribution in [2.45, 2.75) is 48.7 Å². The number of aromatic nitrogens is 1. The van der Waals surface area contributed by atoms with Gasteiger partial charge in [0.25, 0.3) is 0 Å². The molecular formula is C27H21F3N4O4S. The molecule has 1 fully saturated rings. The zero-order chi connectivity index (χ0) is 27.9. The van der Waals surface area contributed by atoms with Crippen LogP contribution in [0.25, 0.3) is 21.8 Å². The van der Waals surface area contributed by atoms with Crippen molar-refractivity contribution >= 4 is 31.8 Å². The summed E-state index contributed by atoms with van der Waals surface area (Å²) in [6, 6.07) is 16.9. The quantitative estimate of drug-likeness (QED) is 0.362. The number of hydrogen-bond donors (Lipinski definition) is 2. The van der Waals surface area contributed by atoms with Gasteiger partial charge >= 0.3 is 6.36 Å². The van der Waals surface area contributed by atoms with E-state index in [-0.39, 0.29) is 4.90 Å². The molecule has 0 saturated heterocycles. The SMILES string of the molecule is N#Cc1ccc2c(c1)c1cc(C#N)ccc1n2C1CCC[C@@H](NS(=O)(=O)c2ccc(OC(F)(F)F)cc2)[C@@H]1O. The Morgan fingerprint density at radius 3 is 2.00 bits per heavy atom. The van der Waals surface area contributed by atoms with Crippen molar-refractivity contribution < 1.29 is 31.4 Å². The van der Waals surface area contributed by atoms with Gasteiger partial charge in [0.1, 0.15) is 5.75 Å². The van der Waals surface area contributed by atoms with E-state index in [1.54, 1.807) is 36.4 Å². The largest absolute Gasteiger partial charge is 0.573 e. The van der Waals surface area contributed by atoms with Crippen LogP contribution in [0.2, 0.25) is 0 Å². The van der Waals surface area contributed by atoms with E-state index in [1.807, 2.05) is 4.57 Å². The van der Waals surface area contributed by atoms with Gasteiger partial charge in [0, 0.05) is 21.8 Å².